The second kappa shape index (κ2) is 8.61. The first-order valence-corrected chi connectivity index (χ1v) is 11.4. The van der Waals surface area contributed by atoms with Crippen molar-refractivity contribution in [2.45, 2.75) is 39.6 Å². The average Bonchev–Trinajstić information content (AvgIpc) is 2.71. The Hall–Kier alpha value is -2.82. The maximum absolute atomic E-state index is 14.1. The van der Waals surface area contributed by atoms with Crippen LogP contribution in [0.25, 0.3) is 0 Å². The Morgan fingerprint density at radius 1 is 1.09 bits per heavy atom. The molecule has 0 spiro atoms. The Balaban J connectivity index is 1.92. The van der Waals surface area contributed by atoms with E-state index < -0.39 is 62.4 Å². The van der Waals surface area contributed by atoms with Gasteiger partial charge in [0, 0.05) is 28.9 Å². The van der Waals surface area contributed by atoms with Crippen LogP contribution >= 0.6 is 0 Å². The summed E-state index contributed by atoms with van der Waals surface area (Å²) >= 11 is 0. The van der Waals surface area contributed by atoms with E-state index in [0.29, 0.717) is 17.8 Å². The van der Waals surface area contributed by atoms with Gasteiger partial charge < -0.3 is 4.74 Å². The van der Waals surface area contributed by atoms with E-state index in [4.69, 9.17) is 4.74 Å². The van der Waals surface area contributed by atoms with E-state index in [2.05, 4.69) is 4.72 Å². The van der Waals surface area contributed by atoms with Crippen LogP contribution in [0, 0.1) is 36.1 Å². The molecule has 0 aliphatic carbocycles. The topological polar surface area (TPSA) is 75.7 Å². The fraction of sp³-hybridized carbons (Fsp3) is 0.381. The maximum atomic E-state index is 14.1. The van der Waals surface area contributed by atoms with Gasteiger partial charge in [-0.2, -0.15) is 0 Å². The highest BCUT2D eigenvalue weighted by molar-refractivity contribution is 7.91. The Bertz CT molecular complexity index is 1160. The van der Waals surface area contributed by atoms with Crippen LogP contribution in [0.2, 0.25) is 0 Å². The lowest BCUT2D eigenvalue weighted by atomic mass is 10.0. The lowest BCUT2D eigenvalue weighted by molar-refractivity contribution is 0.107. The third-order valence-corrected chi connectivity index (χ3v) is 6.20. The second-order valence-electron chi connectivity index (χ2n) is 8.02. The van der Waals surface area contributed by atoms with Crippen LogP contribution in [0.1, 0.15) is 43.6 Å². The summed E-state index contributed by atoms with van der Waals surface area (Å²) in [5.41, 5.74) is -1.01. The number of nitrogens with one attached hydrogen (secondary N) is 1. The molecule has 2 aromatic carbocycles. The van der Waals surface area contributed by atoms with Crippen LogP contribution < -0.4 is 9.62 Å². The van der Waals surface area contributed by atoms with Crippen molar-refractivity contribution >= 4 is 27.5 Å². The van der Waals surface area contributed by atoms with Crippen LogP contribution in [0.3, 0.4) is 0 Å². The van der Waals surface area contributed by atoms with Gasteiger partial charge in [0.15, 0.2) is 23.3 Å². The average molecular weight is 474 g/mol. The van der Waals surface area contributed by atoms with Gasteiger partial charge in [-0.1, -0.05) is 13.8 Å². The predicted molar refractivity (Wildman–Crippen MR) is 111 cm³/mol. The van der Waals surface area contributed by atoms with Gasteiger partial charge in [-0.3, -0.25) is 9.62 Å². The molecule has 174 valence electrons. The second-order valence-corrected chi connectivity index (χ2v) is 9.75. The Kier molecular flexibility index (Phi) is 6.41. The summed E-state index contributed by atoms with van der Waals surface area (Å²) in [6.45, 7) is 6.68. The third kappa shape index (κ3) is 4.52. The van der Waals surface area contributed by atoms with E-state index >= 15 is 0 Å². The van der Waals surface area contributed by atoms with Crippen molar-refractivity contribution in [3.63, 3.8) is 0 Å². The van der Waals surface area contributed by atoms with Gasteiger partial charge in [0.1, 0.15) is 11.9 Å². The molecule has 3 rings (SSSR count). The highest BCUT2D eigenvalue weighted by Crippen LogP contribution is 2.37. The molecule has 11 heteroatoms. The zero-order valence-corrected chi connectivity index (χ0v) is 18.6. The van der Waals surface area contributed by atoms with Gasteiger partial charge in [0.25, 0.3) is 0 Å². The van der Waals surface area contributed by atoms with E-state index in [1.54, 1.807) is 6.92 Å². The number of cyclic esters (lactones) is 1. The molecule has 1 amide bonds. The molecule has 1 heterocycles. The van der Waals surface area contributed by atoms with Gasteiger partial charge in [0.2, 0.25) is 10.0 Å². The zero-order chi connectivity index (χ0) is 24.0. The van der Waals surface area contributed by atoms with Gasteiger partial charge in [0.05, 0.1) is 5.69 Å². The van der Waals surface area contributed by atoms with Crippen LogP contribution in [0.5, 0.6) is 0 Å². The van der Waals surface area contributed by atoms with Crippen molar-refractivity contribution in [1.82, 2.24) is 0 Å². The smallest absolute Gasteiger partial charge is 0.414 e. The summed E-state index contributed by atoms with van der Waals surface area (Å²) in [7, 11) is -4.45. The number of amides is 1. The number of hydrogen-bond donors (Lipinski definition) is 1. The molecule has 32 heavy (non-hydrogen) atoms. The number of fused-ring (bicyclic) bond motifs is 1. The van der Waals surface area contributed by atoms with Crippen molar-refractivity contribution in [2.24, 2.45) is 5.92 Å². The molecular formula is C21H22F4N2O4S. The van der Waals surface area contributed by atoms with Crippen molar-refractivity contribution in [3.8, 4) is 0 Å². The molecule has 2 aromatic rings. The first-order valence-electron chi connectivity index (χ1n) is 9.76. The van der Waals surface area contributed by atoms with E-state index in [-0.39, 0.29) is 11.6 Å². The molecule has 1 unspecified atom stereocenters. The Morgan fingerprint density at radius 3 is 2.25 bits per heavy atom. The largest absolute Gasteiger partial charge is 0.441 e. The molecule has 0 fully saturated rings. The number of ether oxygens (including phenoxy) is 1. The molecule has 1 aliphatic rings. The highest BCUT2D eigenvalue weighted by Gasteiger charge is 2.32. The van der Waals surface area contributed by atoms with Gasteiger partial charge >= 0.3 is 6.09 Å². The van der Waals surface area contributed by atoms with E-state index in [0.717, 1.165) is 6.92 Å². The number of hydrogen-bond acceptors (Lipinski definition) is 4. The number of nitrogens with zero attached hydrogens (tertiary/aromatic N) is 1. The van der Waals surface area contributed by atoms with Gasteiger partial charge in [-0.15, -0.1) is 0 Å². The molecule has 6 nitrogen and oxygen atoms in total. The summed E-state index contributed by atoms with van der Waals surface area (Å²) in [6, 6.07) is 4.33. The summed E-state index contributed by atoms with van der Waals surface area (Å²) < 4.78 is 88.2. The number of rotatable bonds is 6. The quantitative estimate of drug-likeness (QED) is 0.463. The lowest BCUT2D eigenvalue weighted by Crippen LogP contribution is -2.39. The minimum Gasteiger partial charge on any atom is -0.441 e. The number of benzene rings is 2. The number of halogens is 4. The summed E-state index contributed by atoms with van der Waals surface area (Å²) in [5, 5.41) is 0. The van der Waals surface area contributed by atoms with Crippen LogP contribution in [-0.4, -0.2) is 21.1 Å². The number of sulfonamides is 1. The van der Waals surface area contributed by atoms with Crippen LogP contribution in [0.4, 0.5) is 33.7 Å². The monoisotopic (exact) mass is 474 g/mol. The maximum Gasteiger partial charge on any atom is 0.414 e. The minimum atomic E-state index is -4.45. The molecule has 1 N–H and O–H groups in total. The predicted octanol–water partition coefficient (Wildman–Crippen LogP) is 5.17. The fourth-order valence-corrected chi connectivity index (χ4v) is 4.62. The third-order valence-electron chi connectivity index (χ3n) is 4.98. The number of carbonyl (C=O) groups excluding carboxylic acids is 1. The van der Waals surface area contributed by atoms with E-state index in [9.17, 15) is 30.8 Å². The van der Waals surface area contributed by atoms with Crippen LogP contribution in [0.15, 0.2) is 18.2 Å². The SMILES string of the molecule is Cc1c(F)c(F)c(CS(=O)(=O)Nc2ccc3c(c2)C(C)OC(=O)N3CC(C)C)c(F)c1F. The summed E-state index contributed by atoms with van der Waals surface area (Å²) in [5.74, 6) is -8.00. The lowest BCUT2D eigenvalue weighted by Gasteiger charge is -2.33. The van der Waals surface area contributed by atoms with E-state index in [1.807, 2.05) is 13.8 Å². The van der Waals surface area contributed by atoms with Crippen molar-refractivity contribution in [3.05, 3.63) is 58.2 Å². The molecule has 0 bridgehead atoms. The highest BCUT2D eigenvalue weighted by atomic mass is 32.2. The normalized spacial score (nSPS) is 16.2. The van der Waals surface area contributed by atoms with Gasteiger partial charge in [-0.25, -0.2) is 30.8 Å². The number of anilines is 2. The molecule has 1 atom stereocenters. The van der Waals surface area contributed by atoms with Crippen molar-refractivity contribution in [2.75, 3.05) is 16.2 Å². The standard InChI is InChI=1S/C21H22F4N2O4S/c1-10(2)8-27-16-6-5-13(7-14(16)12(4)31-21(27)28)26-32(29,30)9-15-19(24)17(22)11(3)18(23)20(15)25/h5-7,10,12,26H,8-9H2,1-4H3. The Morgan fingerprint density at radius 2 is 1.69 bits per heavy atom. The molecule has 0 aromatic heterocycles. The molecular weight excluding hydrogens is 452 g/mol. The summed E-state index contributed by atoms with van der Waals surface area (Å²) in [4.78, 5) is 13.7. The van der Waals surface area contributed by atoms with E-state index in [1.165, 1.54) is 23.1 Å². The Labute approximate surface area is 183 Å². The minimum absolute atomic E-state index is 0.0342. The molecule has 0 saturated heterocycles. The van der Waals surface area contributed by atoms with Crippen molar-refractivity contribution < 1.29 is 35.5 Å². The number of carbonyl (C=O) groups is 1. The summed E-state index contributed by atoms with van der Waals surface area (Å²) in [6.07, 6.45) is -1.19. The fourth-order valence-electron chi connectivity index (χ4n) is 3.42. The van der Waals surface area contributed by atoms with Crippen LogP contribution in [-0.2, 0) is 20.5 Å². The zero-order valence-electron chi connectivity index (χ0n) is 17.8. The first kappa shape index (κ1) is 23.8. The first-order chi connectivity index (χ1) is 14.8. The molecule has 0 saturated carbocycles. The molecule has 1 aliphatic heterocycles. The van der Waals surface area contributed by atoms with Gasteiger partial charge in [-0.05, 0) is 38.0 Å². The van der Waals surface area contributed by atoms with Crippen molar-refractivity contribution in [1.29, 1.82) is 0 Å². The molecule has 0 radical (unpaired) electrons.